The molecule has 0 saturated carbocycles. The molecule has 23 heavy (non-hydrogen) atoms. The molecule has 1 aliphatic rings. The number of hydrogen-bond acceptors (Lipinski definition) is 4. The Balaban J connectivity index is 1.59. The fourth-order valence-electron chi connectivity index (χ4n) is 2.44. The second-order valence-electron chi connectivity index (χ2n) is 5.46. The van der Waals surface area contributed by atoms with Crippen molar-refractivity contribution in [1.29, 1.82) is 0 Å². The summed E-state index contributed by atoms with van der Waals surface area (Å²) in [5, 5.41) is 6.30. The average Bonchev–Trinajstić information content (AvgIpc) is 2.58. The van der Waals surface area contributed by atoms with Crippen molar-refractivity contribution in [3.8, 4) is 11.6 Å². The van der Waals surface area contributed by atoms with Gasteiger partial charge in [0.1, 0.15) is 5.75 Å². The first-order chi connectivity index (χ1) is 11.2. The molecule has 1 saturated heterocycles. The fourth-order valence-corrected chi connectivity index (χ4v) is 2.71. The zero-order valence-electron chi connectivity index (χ0n) is 12.6. The molecule has 1 aromatic carbocycles. The maximum Gasteiger partial charge on any atom is 0.253 e. The number of aromatic nitrogens is 1. The van der Waals surface area contributed by atoms with Crippen LogP contribution in [0.1, 0.15) is 23.2 Å². The number of carbonyl (C=O) groups is 1. The SMILES string of the molecule is O=C(NC1CCCNC1)c1ccc(Oc2ccc(Br)cc2)nc1. The Bertz CT molecular complexity index is 653. The van der Waals surface area contributed by atoms with Gasteiger partial charge in [-0.05, 0) is 49.7 Å². The van der Waals surface area contributed by atoms with Crippen molar-refractivity contribution in [2.24, 2.45) is 0 Å². The van der Waals surface area contributed by atoms with Crippen molar-refractivity contribution < 1.29 is 9.53 Å². The maximum atomic E-state index is 12.2. The highest BCUT2D eigenvalue weighted by Crippen LogP contribution is 2.21. The van der Waals surface area contributed by atoms with E-state index in [9.17, 15) is 4.79 Å². The molecule has 0 radical (unpaired) electrons. The molecular formula is C17H18BrN3O2. The van der Waals surface area contributed by atoms with Crippen molar-refractivity contribution in [3.05, 3.63) is 52.6 Å². The van der Waals surface area contributed by atoms with Crippen LogP contribution in [0.25, 0.3) is 0 Å². The van der Waals surface area contributed by atoms with E-state index in [1.807, 2.05) is 24.3 Å². The Morgan fingerprint density at radius 1 is 1.26 bits per heavy atom. The quantitative estimate of drug-likeness (QED) is 0.861. The number of nitrogens with one attached hydrogen (secondary N) is 2. The van der Waals surface area contributed by atoms with E-state index in [0.29, 0.717) is 17.2 Å². The molecular weight excluding hydrogens is 358 g/mol. The van der Waals surface area contributed by atoms with Gasteiger partial charge < -0.3 is 15.4 Å². The van der Waals surface area contributed by atoms with Gasteiger partial charge in [-0.25, -0.2) is 4.98 Å². The van der Waals surface area contributed by atoms with Crippen molar-refractivity contribution >= 4 is 21.8 Å². The molecule has 1 atom stereocenters. The van der Waals surface area contributed by atoms with Crippen LogP contribution in [0.5, 0.6) is 11.6 Å². The Hall–Kier alpha value is -1.92. The number of carbonyl (C=O) groups excluding carboxylic acids is 1. The zero-order chi connectivity index (χ0) is 16.1. The van der Waals surface area contributed by atoms with Crippen LogP contribution in [0, 0.1) is 0 Å². The van der Waals surface area contributed by atoms with Crippen LogP contribution < -0.4 is 15.4 Å². The van der Waals surface area contributed by atoms with E-state index in [2.05, 4.69) is 31.5 Å². The van der Waals surface area contributed by atoms with E-state index in [4.69, 9.17) is 4.74 Å². The lowest BCUT2D eigenvalue weighted by Crippen LogP contribution is -2.45. The minimum absolute atomic E-state index is 0.0959. The van der Waals surface area contributed by atoms with Crippen LogP contribution >= 0.6 is 15.9 Å². The van der Waals surface area contributed by atoms with E-state index in [1.54, 1.807) is 18.3 Å². The molecule has 1 unspecified atom stereocenters. The van der Waals surface area contributed by atoms with Crippen LogP contribution in [-0.2, 0) is 0 Å². The molecule has 0 bridgehead atoms. The summed E-state index contributed by atoms with van der Waals surface area (Å²) in [5.74, 6) is 1.07. The number of benzene rings is 1. The number of ether oxygens (including phenoxy) is 1. The van der Waals surface area contributed by atoms with Crippen LogP contribution in [0.3, 0.4) is 0 Å². The lowest BCUT2D eigenvalue weighted by Gasteiger charge is -2.23. The summed E-state index contributed by atoms with van der Waals surface area (Å²) in [5.41, 5.74) is 0.540. The molecule has 1 amide bonds. The zero-order valence-corrected chi connectivity index (χ0v) is 14.2. The van der Waals surface area contributed by atoms with Crippen LogP contribution in [0.2, 0.25) is 0 Å². The van der Waals surface area contributed by atoms with Gasteiger partial charge in [0.2, 0.25) is 5.88 Å². The monoisotopic (exact) mass is 375 g/mol. The molecule has 6 heteroatoms. The van der Waals surface area contributed by atoms with Crippen molar-refractivity contribution in [2.45, 2.75) is 18.9 Å². The van der Waals surface area contributed by atoms with Crippen molar-refractivity contribution in [1.82, 2.24) is 15.6 Å². The first-order valence-electron chi connectivity index (χ1n) is 7.62. The summed E-state index contributed by atoms with van der Waals surface area (Å²) >= 11 is 3.38. The van der Waals surface area contributed by atoms with Crippen LogP contribution in [0.15, 0.2) is 47.1 Å². The number of amides is 1. The maximum absolute atomic E-state index is 12.2. The predicted molar refractivity (Wildman–Crippen MR) is 91.8 cm³/mol. The number of hydrogen-bond donors (Lipinski definition) is 2. The molecule has 5 nitrogen and oxygen atoms in total. The molecule has 1 fully saturated rings. The van der Waals surface area contributed by atoms with Gasteiger partial charge in [-0.3, -0.25) is 4.79 Å². The summed E-state index contributed by atoms with van der Waals surface area (Å²) in [7, 11) is 0. The Morgan fingerprint density at radius 2 is 2.09 bits per heavy atom. The van der Waals surface area contributed by atoms with E-state index in [1.165, 1.54) is 0 Å². The standard InChI is InChI=1S/C17H18BrN3O2/c18-13-4-6-15(7-5-13)23-16-8-3-12(10-20-16)17(22)21-14-2-1-9-19-11-14/h3-8,10,14,19H,1-2,9,11H2,(H,21,22). The molecule has 0 aliphatic carbocycles. The van der Waals surface area contributed by atoms with Crippen molar-refractivity contribution in [3.63, 3.8) is 0 Å². The summed E-state index contributed by atoms with van der Waals surface area (Å²) in [6.07, 6.45) is 3.64. The molecule has 1 aromatic heterocycles. The van der Waals surface area contributed by atoms with E-state index in [-0.39, 0.29) is 11.9 Å². The van der Waals surface area contributed by atoms with Gasteiger partial charge in [0.15, 0.2) is 0 Å². The minimum Gasteiger partial charge on any atom is -0.439 e. The lowest BCUT2D eigenvalue weighted by atomic mass is 10.1. The first kappa shape index (κ1) is 16.0. The summed E-state index contributed by atoms with van der Waals surface area (Å²) in [6.45, 7) is 1.85. The third kappa shape index (κ3) is 4.53. The van der Waals surface area contributed by atoms with Gasteiger partial charge in [0.05, 0.1) is 5.56 Å². The second kappa shape index (κ2) is 7.57. The van der Waals surface area contributed by atoms with Gasteiger partial charge in [-0.2, -0.15) is 0 Å². The molecule has 2 heterocycles. The molecule has 2 N–H and O–H groups in total. The number of pyridine rings is 1. The minimum atomic E-state index is -0.0959. The van der Waals surface area contributed by atoms with Gasteiger partial charge >= 0.3 is 0 Å². The highest BCUT2D eigenvalue weighted by Gasteiger charge is 2.16. The summed E-state index contributed by atoms with van der Waals surface area (Å²) < 4.78 is 6.63. The predicted octanol–water partition coefficient (Wildman–Crippen LogP) is 3.12. The lowest BCUT2D eigenvalue weighted by molar-refractivity contribution is 0.0930. The smallest absolute Gasteiger partial charge is 0.253 e. The second-order valence-corrected chi connectivity index (χ2v) is 6.37. The largest absolute Gasteiger partial charge is 0.439 e. The summed E-state index contributed by atoms with van der Waals surface area (Å²) in [6, 6.07) is 11.1. The van der Waals surface area contributed by atoms with Crippen LogP contribution in [-0.4, -0.2) is 30.0 Å². The fraction of sp³-hybridized carbons (Fsp3) is 0.294. The van der Waals surface area contributed by atoms with Crippen LogP contribution in [0.4, 0.5) is 0 Å². The third-order valence-corrected chi connectivity index (χ3v) is 4.20. The number of rotatable bonds is 4. The highest BCUT2D eigenvalue weighted by molar-refractivity contribution is 9.10. The number of piperidine rings is 1. The Labute approximate surface area is 143 Å². The third-order valence-electron chi connectivity index (χ3n) is 3.67. The van der Waals surface area contributed by atoms with Gasteiger partial charge in [-0.15, -0.1) is 0 Å². The van der Waals surface area contributed by atoms with E-state index in [0.717, 1.165) is 30.4 Å². The number of nitrogens with zero attached hydrogens (tertiary/aromatic N) is 1. The average molecular weight is 376 g/mol. The molecule has 2 aromatic rings. The summed E-state index contributed by atoms with van der Waals surface area (Å²) in [4.78, 5) is 16.4. The molecule has 3 rings (SSSR count). The van der Waals surface area contributed by atoms with Crippen molar-refractivity contribution in [2.75, 3.05) is 13.1 Å². The first-order valence-corrected chi connectivity index (χ1v) is 8.41. The van der Waals surface area contributed by atoms with Gasteiger partial charge in [-0.1, -0.05) is 15.9 Å². The Kier molecular flexibility index (Phi) is 5.25. The normalized spacial score (nSPS) is 17.5. The topological polar surface area (TPSA) is 63.2 Å². The van der Waals surface area contributed by atoms with Gasteiger partial charge in [0, 0.05) is 29.3 Å². The molecule has 120 valence electrons. The van der Waals surface area contributed by atoms with E-state index >= 15 is 0 Å². The molecule has 0 spiro atoms. The highest BCUT2D eigenvalue weighted by atomic mass is 79.9. The number of halogens is 1. The van der Waals surface area contributed by atoms with Gasteiger partial charge in [0.25, 0.3) is 5.91 Å². The Morgan fingerprint density at radius 3 is 2.74 bits per heavy atom. The molecule has 1 aliphatic heterocycles. The van der Waals surface area contributed by atoms with E-state index < -0.39 is 0 Å².